The van der Waals surface area contributed by atoms with Crippen LogP contribution in [0.5, 0.6) is 5.75 Å². The summed E-state index contributed by atoms with van der Waals surface area (Å²) in [5, 5.41) is 8.50. The van der Waals surface area contributed by atoms with E-state index in [9.17, 15) is 8.78 Å². The van der Waals surface area contributed by atoms with Crippen molar-refractivity contribution < 1.29 is 13.5 Å². The third kappa shape index (κ3) is 3.67. The van der Waals surface area contributed by atoms with Crippen molar-refractivity contribution in [2.24, 2.45) is 0 Å². The molecule has 31 heavy (non-hydrogen) atoms. The number of hydrogen-bond acceptors (Lipinski definition) is 8. The second kappa shape index (κ2) is 8.04. The molecule has 0 bridgehead atoms. The number of anilines is 1. The number of nitriles is 1. The first-order valence-corrected chi connectivity index (χ1v) is 9.20. The van der Waals surface area contributed by atoms with E-state index in [4.69, 9.17) is 27.3 Å². The third-order valence-electron chi connectivity index (χ3n) is 4.42. The van der Waals surface area contributed by atoms with Gasteiger partial charge in [0.25, 0.3) is 0 Å². The Morgan fingerprint density at radius 2 is 1.84 bits per heavy atom. The van der Waals surface area contributed by atoms with Gasteiger partial charge in [0.05, 0.1) is 22.8 Å². The van der Waals surface area contributed by atoms with Crippen LogP contribution in [-0.4, -0.2) is 24.9 Å². The number of aromatic nitrogens is 5. The van der Waals surface area contributed by atoms with E-state index in [-0.39, 0.29) is 33.7 Å². The van der Waals surface area contributed by atoms with Crippen molar-refractivity contribution in [2.75, 3.05) is 5.73 Å². The molecule has 0 spiro atoms. The minimum absolute atomic E-state index is 0.0514. The summed E-state index contributed by atoms with van der Waals surface area (Å²) >= 11 is 5.71. The van der Waals surface area contributed by atoms with E-state index in [1.165, 1.54) is 31.0 Å². The molecule has 0 saturated carbocycles. The van der Waals surface area contributed by atoms with Crippen LogP contribution >= 0.6 is 11.6 Å². The molecule has 0 saturated heterocycles. The van der Waals surface area contributed by atoms with Crippen LogP contribution in [0.4, 0.5) is 14.6 Å². The second-order valence-corrected chi connectivity index (χ2v) is 6.76. The zero-order valence-corrected chi connectivity index (χ0v) is 16.6. The minimum Gasteiger partial charge on any atom is -0.480 e. The number of hydrogen-bond donors (Lipinski definition) is 1. The fourth-order valence-corrected chi connectivity index (χ4v) is 3.08. The van der Waals surface area contributed by atoms with Gasteiger partial charge in [0.15, 0.2) is 23.5 Å². The van der Waals surface area contributed by atoms with Crippen LogP contribution in [-0.2, 0) is 0 Å². The normalized spacial score (nSPS) is 11.8. The van der Waals surface area contributed by atoms with Crippen molar-refractivity contribution in [3.63, 3.8) is 0 Å². The molecule has 0 aliphatic carbocycles. The van der Waals surface area contributed by atoms with Crippen molar-refractivity contribution in [2.45, 2.75) is 13.0 Å². The fourth-order valence-electron chi connectivity index (χ4n) is 2.91. The summed E-state index contributed by atoms with van der Waals surface area (Å²) in [6.45, 7) is 1.69. The zero-order valence-electron chi connectivity index (χ0n) is 15.8. The van der Waals surface area contributed by atoms with Crippen molar-refractivity contribution in [3.8, 4) is 23.1 Å². The summed E-state index contributed by atoms with van der Waals surface area (Å²) in [6.07, 6.45) is 4.64. The summed E-state index contributed by atoms with van der Waals surface area (Å²) in [5.41, 5.74) is 6.59. The Balaban J connectivity index is 1.81. The molecule has 1 atom stereocenters. The van der Waals surface area contributed by atoms with Gasteiger partial charge < -0.3 is 10.5 Å². The van der Waals surface area contributed by atoms with Crippen molar-refractivity contribution in [1.29, 1.82) is 5.26 Å². The molecule has 1 aromatic carbocycles. The van der Waals surface area contributed by atoms with Crippen molar-refractivity contribution >= 4 is 28.3 Å². The number of nitrogens with two attached hydrogens (primary N) is 1. The van der Waals surface area contributed by atoms with Gasteiger partial charge in [-0.15, -0.1) is 0 Å². The average molecular weight is 440 g/mol. The summed E-state index contributed by atoms with van der Waals surface area (Å²) < 4.78 is 34.1. The maximum absolute atomic E-state index is 14.6. The lowest BCUT2D eigenvalue weighted by atomic mass is 10.1. The molecule has 0 aliphatic heterocycles. The quantitative estimate of drug-likeness (QED) is 0.473. The highest BCUT2D eigenvalue weighted by Gasteiger charge is 2.21. The van der Waals surface area contributed by atoms with Crippen LogP contribution in [0.3, 0.4) is 0 Å². The Morgan fingerprint density at radius 1 is 1.10 bits per heavy atom. The van der Waals surface area contributed by atoms with E-state index >= 15 is 0 Å². The highest BCUT2D eigenvalue weighted by atomic mass is 35.5. The summed E-state index contributed by atoms with van der Waals surface area (Å²) in [5.74, 6) is -1.25. The van der Waals surface area contributed by atoms with E-state index in [1.807, 2.05) is 6.07 Å². The van der Waals surface area contributed by atoms with E-state index in [2.05, 4.69) is 24.9 Å². The Kier molecular flexibility index (Phi) is 5.27. The van der Waals surface area contributed by atoms with Gasteiger partial charge in [-0.05, 0) is 19.1 Å². The number of nitrogen functional groups attached to an aromatic ring is 1. The van der Waals surface area contributed by atoms with Crippen LogP contribution in [0.25, 0.3) is 22.2 Å². The summed E-state index contributed by atoms with van der Waals surface area (Å²) in [6, 6.07) is 4.18. The minimum atomic E-state index is -0.972. The first-order chi connectivity index (χ1) is 14.9. The van der Waals surface area contributed by atoms with Gasteiger partial charge in [-0.25, -0.2) is 33.7 Å². The molecule has 0 radical (unpaired) electrons. The Morgan fingerprint density at radius 3 is 2.55 bits per heavy atom. The molecule has 4 rings (SSSR count). The first kappa shape index (κ1) is 20.3. The molecular weight excluding hydrogens is 428 g/mol. The molecular formula is C20H12ClF2N7O. The van der Waals surface area contributed by atoms with Crippen molar-refractivity contribution in [3.05, 3.63) is 65.1 Å². The molecule has 0 fully saturated rings. The predicted octanol–water partition coefficient (Wildman–Crippen LogP) is 4.01. The van der Waals surface area contributed by atoms with Gasteiger partial charge in [-0.2, -0.15) is 5.26 Å². The van der Waals surface area contributed by atoms with E-state index < -0.39 is 22.8 Å². The monoisotopic (exact) mass is 439 g/mol. The number of rotatable bonds is 4. The molecule has 2 N–H and O–H groups in total. The summed E-state index contributed by atoms with van der Waals surface area (Å²) in [7, 11) is 0. The van der Waals surface area contributed by atoms with E-state index in [0.717, 1.165) is 6.07 Å². The molecule has 11 heteroatoms. The second-order valence-electron chi connectivity index (χ2n) is 6.38. The van der Waals surface area contributed by atoms with Crippen LogP contribution in [0.2, 0.25) is 5.02 Å². The number of halogens is 3. The van der Waals surface area contributed by atoms with Gasteiger partial charge in [-0.1, -0.05) is 11.6 Å². The smallest absolute Gasteiger partial charge is 0.169 e. The zero-order chi connectivity index (χ0) is 22.1. The third-order valence-corrected chi connectivity index (χ3v) is 4.76. The van der Waals surface area contributed by atoms with Gasteiger partial charge in [0, 0.05) is 18.0 Å². The maximum Gasteiger partial charge on any atom is 0.169 e. The largest absolute Gasteiger partial charge is 0.480 e. The van der Waals surface area contributed by atoms with Crippen LogP contribution in [0.15, 0.2) is 37.1 Å². The predicted molar refractivity (Wildman–Crippen MR) is 108 cm³/mol. The lowest BCUT2D eigenvalue weighted by Crippen LogP contribution is -2.09. The fraction of sp³-hybridized carbons (Fsp3) is 0.100. The highest BCUT2D eigenvalue weighted by molar-refractivity contribution is 6.31. The molecule has 0 amide bonds. The summed E-state index contributed by atoms with van der Waals surface area (Å²) in [4.78, 5) is 20.6. The van der Waals surface area contributed by atoms with Gasteiger partial charge >= 0.3 is 0 Å². The first-order valence-electron chi connectivity index (χ1n) is 8.82. The van der Waals surface area contributed by atoms with Gasteiger partial charge in [-0.3, -0.25) is 0 Å². The standard InChI is InChI=1S/C20H12ClF2N7O/c1-9(20-27-5-10(4-24)6-28-20)31-13-7-26-17(18-14(13)19(25)30-8-29-18)11-2-3-12(22)15(21)16(11)23/h2-3,5-9H,1H3,(H2,25,29,30)/t9-/m0/s1. The van der Waals surface area contributed by atoms with Crippen LogP contribution in [0.1, 0.15) is 24.4 Å². The maximum atomic E-state index is 14.6. The number of nitrogens with zero attached hydrogens (tertiary/aromatic N) is 6. The van der Waals surface area contributed by atoms with Gasteiger partial charge in [0.1, 0.15) is 34.6 Å². The SMILES string of the molecule is C[C@H](Oc1cnc(-c2ccc(F)c(Cl)c2F)c2ncnc(N)c12)c1ncc(C#N)cn1. The lowest BCUT2D eigenvalue weighted by molar-refractivity contribution is 0.218. The number of pyridine rings is 1. The molecule has 0 aliphatic rings. The molecule has 3 heterocycles. The molecule has 8 nitrogen and oxygen atoms in total. The molecule has 0 unspecified atom stereocenters. The Labute approximate surface area is 179 Å². The van der Waals surface area contributed by atoms with Gasteiger partial charge in [0.2, 0.25) is 0 Å². The van der Waals surface area contributed by atoms with E-state index in [0.29, 0.717) is 11.4 Å². The molecule has 154 valence electrons. The van der Waals surface area contributed by atoms with Crippen LogP contribution in [0, 0.1) is 23.0 Å². The molecule has 4 aromatic rings. The van der Waals surface area contributed by atoms with Crippen LogP contribution < -0.4 is 10.5 Å². The topological polar surface area (TPSA) is 123 Å². The Bertz CT molecular complexity index is 1340. The number of ether oxygens (including phenoxy) is 1. The number of fused-ring (bicyclic) bond motifs is 1. The number of benzene rings is 1. The highest BCUT2D eigenvalue weighted by Crippen LogP contribution is 2.37. The van der Waals surface area contributed by atoms with E-state index in [1.54, 1.807) is 6.92 Å². The lowest BCUT2D eigenvalue weighted by Gasteiger charge is -2.16. The van der Waals surface area contributed by atoms with Crippen molar-refractivity contribution in [1.82, 2.24) is 24.9 Å². The Hall–Kier alpha value is -3.97. The average Bonchev–Trinajstić information content (AvgIpc) is 2.78. The molecule has 3 aromatic heterocycles.